The molecule has 1 atom stereocenters. The van der Waals surface area contributed by atoms with Crippen LogP contribution in [0.25, 0.3) is 5.57 Å². The Labute approximate surface area is 189 Å². The second kappa shape index (κ2) is 10.2. The first-order valence-electron chi connectivity index (χ1n) is 11.2. The smallest absolute Gasteiger partial charge is 0.304 e. The molecule has 1 fully saturated rings. The van der Waals surface area contributed by atoms with E-state index in [1.165, 1.54) is 11.1 Å². The Morgan fingerprint density at radius 3 is 2.62 bits per heavy atom. The topological polar surface area (TPSA) is 65.0 Å². The van der Waals surface area contributed by atoms with Gasteiger partial charge < -0.3 is 19.3 Å². The normalized spacial score (nSPS) is 18.6. The van der Waals surface area contributed by atoms with Crippen molar-refractivity contribution in [2.45, 2.75) is 50.9 Å². The van der Waals surface area contributed by atoms with Crippen LogP contribution in [-0.4, -0.2) is 30.1 Å². The van der Waals surface area contributed by atoms with Gasteiger partial charge in [0.15, 0.2) is 5.79 Å². The van der Waals surface area contributed by atoms with E-state index in [1.807, 2.05) is 43.3 Å². The Kier molecular flexibility index (Phi) is 7.08. The van der Waals surface area contributed by atoms with Gasteiger partial charge in [-0.3, -0.25) is 4.79 Å². The number of carboxylic acid groups (broad SMARTS) is 1. The van der Waals surface area contributed by atoms with Crippen LogP contribution in [0.1, 0.15) is 55.2 Å². The molecule has 1 aliphatic carbocycles. The van der Waals surface area contributed by atoms with Crippen molar-refractivity contribution in [2.75, 3.05) is 13.2 Å². The largest absolute Gasteiger partial charge is 0.489 e. The summed E-state index contributed by atoms with van der Waals surface area (Å²) < 4.78 is 17.6. The van der Waals surface area contributed by atoms with Gasteiger partial charge in [-0.15, -0.1) is 0 Å². The lowest BCUT2D eigenvalue weighted by Gasteiger charge is -2.30. The van der Waals surface area contributed by atoms with E-state index in [1.54, 1.807) is 0 Å². The third-order valence-electron chi connectivity index (χ3n) is 6.08. The van der Waals surface area contributed by atoms with Crippen molar-refractivity contribution in [3.63, 3.8) is 0 Å². The minimum atomic E-state index is -0.806. The van der Waals surface area contributed by atoms with Crippen molar-refractivity contribution in [1.29, 1.82) is 0 Å². The zero-order chi connectivity index (χ0) is 22.4. The molecule has 2 aromatic carbocycles. The molecule has 0 unspecified atom stereocenters. The highest BCUT2D eigenvalue weighted by Gasteiger charge is 2.37. The van der Waals surface area contributed by atoms with Gasteiger partial charge >= 0.3 is 5.97 Å². The summed E-state index contributed by atoms with van der Waals surface area (Å²) in [6.07, 6.45) is 8.75. The molecule has 1 aliphatic heterocycles. The van der Waals surface area contributed by atoms with Gasteiger partial charge in [0.05, 0.1) is 19.6 Å². The Hall–Kier alpha value is -2.89. The average Bonchev–Trinajstić information content (AvgIpc) is 3.26. The molecule has 1 spiro atoms. The van der Waals surface area contributed by atoms with Crippen LogP contribution in [0, 0.1) is 0 Å². The van der Waals surface area contributed by atoms with E-state index in [0.29, 0.717) is 19.8 Å². The summed E-state index contributed by atoms with van der Waals surface area (Å²) in [4.78, 5) is 11.1. The molecule has 168 valence electrons. The van der Waals surface area contributed by atoms with Gasteiger partial charge in [0.2, 0.25) is 0 Å². The quantitative estimate of drug-likeness (QED) is 0.539. The number of allylic oxidation sites excluding steroid dienone is 3. The molecule has 0 saturated carbocycles. The number of carbonyl (C=O) groups is 1. The van der Waals surface area contributed by atoms with Crippen molar-refractivity contribution in [2.24, 2.45) is 0 Å². The van der Waals surface area contributed by atoms with E-state index in [4.69, 9.17) is 19.3 Å². The molecule has 0 bridgehead atoms. The molecule has 1 N–H and O–H groups in total. The van der Waals surface area contributed by atoms with E-state index in [0.717, 1.165) is 36.1 Å². The van der Waals surface area contributed by atoms with Gasteiger partial charge in [0.1, 0.15) is 12.4 Å². The molecular weight excluding hydrogens is 404 g/mol. The zero-order valence-electron chi connectivity index (χ0n) is 18.5. The molecule has 0 radical (unpaired) electrons. The zero-order valence-corrected chi connectivity index (χ0v) is 18.5. The predicted molar refractivity (Wildman–Crippen MR) is 123 cm³/mol. The van der Waals surface area contributed by atoms with Gasteiger partial charge in [-0.25, -0.2) is 0 Å². The van der Waals surface area contributed by atoms with E-state index in [2.05, 4.69) is 30.3 Å². The Balaban J connectivity index is 1.37. The van der Waals surface area contributed by atoms with Gasteiger partial charge in [-0.2, -0.15) is 0 Å². The number of carboxylic acids is 1. The Morgan fingerprint density at radius 1 is 1.19 bits per heavy atom. The van der Waals surface area contributed by atoms with Crippen molar-refractivity contribution in [3.05, 3.63) is 83.4 Å². The lowest BCUT2D eigenvalue weighted by atomic mass is 9.89. The summed E-state index contributed by atoms with van der Waals surface area (Å²) in [7, 11) is 0. The van der Waals surface area contributed by atoms with Gasteiger partial charge in [-0.1, -0.05) is 48.6 Å². The average molecular weight is 435 g/mol. The lowest BCUT2D eigenvalue weighted by Crippen LogP contribution is -2.31. The molecular formula is C27H30O5. The summed E-state index contributed by atoms with van der Waals surface area (Å²) in [5.41, 5.74) is 4.63. The Morgan fingerprint density at radius 2 is 1.97 bits per heavy atom. The number of benzene rings is 2. The van der Waals surface area contributed by atoms with E-state index >= 15 is 0 Å². The number of hydrogen-bond acceptors (Lipinski definition) is 4. The molecule has 0 aromatic heterocycles. The maximum absolute atomic E-state index is 11.1. The van der Waals surface area contributed by atoms with E-state index < -0.39 is 11.8 Å². The minimum Gasteiger partial charge on any atom is -0.489 e. The molecule has 2 aliphatic rings. The molecule has 4 rings (SSSR count). The van der Waals surface area contributed by atoms with Crippen LogP contribution in [0.5, 0.6) is 5.75 Å². The summed E-state index contributed by atoms with van der Waals surface area (Å²) in [5, 5.41) is 9.13. The second-order valence-electron chi connectivity index (χ2n) is 8.33. The van der Waals surface area contributed by atoms with Gasteiger partial charge in [0, 0.05) is 18.8 Å². The third-order valence-corrected chi connectivity index (χ3v) is 6.08. The number of rotatable bonds is 8. The molecule has 5 heteroatoms. The first kappa shape index (κ1) is 22.3. The van der Waals surface area contributed by atoms with Crippen LogP contribution in [0.2, 0.25) is 0 Å². The molecule has 5 nitrogen and oxygen atoms in total. The van der Waals surface area contributed by atoms with Crippen molar-refractivity contribution >= 4 is 11.5 Å². The summed E-state index contributed by atoms with van der Waals surface area (Å²) in [6, 6.07) is 16.2. The standard InChI is InChI=1S/C27H30O5/c1-2-4-23(18-26(28)29)21-7-9-25(10-8-21)30-19-20-5-3-6-24(17-20)22-11-13-27(14-12-22)31-15-16-32-27/h2-11,17,23H,12-16,18-19H2,1H3,(H,28,29)/t23-/m0/s1. The highest BCUT2D eigenvalue weighted by atomic mass is 16.7. The van der Waals surface area contributed by atoms with Crippen LogP contribution >= 0.6 is 0 Å². The fourth-order valence-electron chi connectivity index (χ4n) is 4.39. The first-order chi connectivity index (χ1) is 15.6. The summed E-state index contributed by atoms with van der Waals surface area (Å²) >= 11 is 0. The molecule has 1 heterocycles. The predicted octanol–water partition coefficient (Wildman–Crippen LogP) is 5.71. The van der Waals surface area contributed by atoms with Crippen LogP contribution in [0.3, 0.4) is 0 Å². The lowest BCUT2D eigenvalue weighted by molar-refractivity contribution is -0.159. The molecule has 2 aromatic rings. The minimum absolute atomic E-state index is 0.0759. The van der Waals surface area contributed by atoms with Crippen molar-refractivity contribution in [1.82, 2.24) is 0 Å². The van der Waals surface area contributed by atoms with Crippen LogP contribution < -0.4 is 4.74 Å². The summed E-state index contributed by atoms with van der Waals surface area (Å²) in [5.74, 6) is -0.568. The van der Waals surface area contributed by atoms with Crippen molar-refractivity contribution in [3.8, 4) is 5.75 Å². The maximum atomic E-state index is 11.1. The van der Waals surface area contributed by atoms with E-state index in [-0.39, 0.29) is 12.3 Å². The molecule has 32 heavy (non-hydrogen) atoms. The fourth-order valence-corrected chi connectivity index (χ4v) is 4.39. The van der Waals surface area contributed by atoms with Crippen LogP contribution in [0.4, 0.5) is 0 Å². The highest BCUT2D eigenvalue weighted by Crippen LogP contribution is 2.38. The third kappa shape index (κ3) is 5.47. The number of ether oxygens (including phenoxy) is 3. The highest BCUT2D eigenvalue weighted by molar-refractivity contribution is 5.68. The van der Waals surface area contributed by atoms with Gasteiger partial charge in [-0.05, 0) is 53.8 Å². The first-order valence-corrected chi connectivity index (χ1v) is 11.2. The van der Waals surface area contributed by atoms with Crippen LogP contribution in [0.15, 0.2) is 66.8 Å². The van der Waals surface area contributed by atoms with Crippen LogP contribution in [-0.2, 0) is 20.9 Å². The fraction of sp³-hybridized carbons (Fsp3) is 0.370. The van der Waals surface area contributed by atoms with Gasteiger partial charge in [0.25, 0.3) is 0 Å². The SMILES string of the molecule is CC=C[C@@H](CC(=O)O)c1ccc(OCc2cccc(C3=CCC4(CC3)OCCO4)c2)cc1. The van der Waals surface area contributed by atoms with Crippen molar-refractivity contribution < 1.29 is 24.1 Å². The second-order valence-corrected chi connectivity index (χ2v) is 8.33. The maximum Gasteiger partial charge on any atom is 0.304 e. The Bertz CT molecular complexity index is 983. The monoisotopic (exact) mass is 434 g/mol. The molecule has 0 amide bonds. The number of aliphatic carboxylic acids is 1. The summed E-state index contributed by atoms with van der Waals surface area (Å²) in [6.45, 7) is 3.75. The number of hydrogen-bond donors (Lipinski definition) is 1. The van der Waals surface area contributed by atoms with E-state index in [9.17, 15) is 4.79 Å². The molecule has 1 saturated heterocycles.